The molecular formula is C26H33N5O3. The Balaban J connectivity index is 1.29. The molecular weight excluding hydrogens is 430 g/mol. The van der Waals surface area contributed by atoms with Crippen molar-refractivity contribution in [1.82, 2.24) is 19.6 Å². The van der Waals surface area contributed by atoms with E-state index in [4.69, 9.17) is 0 Å². The number of piperidine rings is 1. The van der Waals surface area contributed by atoms with E-state index >= 15 is 0 Å². The average Bonchev–Trinajstić information content (AvgIpc) is 3.52. The molecule has 0 radical (unpaired) electrons. The number of nitrogens with zero attached hydrogens (tertiary/aromatic N) is 4. The molecule has 2 aromatic rings. The highest BCUT2D eigenvalue weighted by Gasteiger charge is 2.36. The first kappa shape index (κ1) is 22.6. The quantitative estimate of drug-likeness (QED) is 0.755. The van der Waals surface area contributed by atoms with E-state index in [9.17, 15) is 14.4 Å². The van der Waals surface area contributed by atoms with Crippen molar-refractivity contribution in [3.8, 4) is 0 Å². The average molecular weight is 464 g/mol. The third-order valence-corrected chi connectivity index (χ3v) is 7.58. The van der Waals surface area contributed by atoms with E-state index in [-0.39, 0.29) is 29.6 Å². The normalized spacial score (nSPS) is 20.8. The van der Waals surface area contributed by atoms with Crippen LogP contribution in [0.4, 0.5) is 5.69 Å². The number of rotatable bonds is 4. The molecule has 8 heteroatoms. The zero-order valence-corrected chi connectivity index (χ0v) is 19.8. The number of benzene rings is 1. The number of nitrogens with one attached hydrogen (secondary N) is 1. The Hall–Kier alpha value is -3.16. The molecule has 180 valence electrons. The topological polar surface area (TPSA) is 87.5 Å². The Bertz CT molecular complexity index is 1070. The van der Waals surface area contributed by atoms with E-state index in [1.54, 1.807) is 9.58 Å². The zero-order valence-electron chi connectivity index (χ0n) is 19.8. The first-order valence-corrected chi connectivity index (χ1v) is 12.5. The number of fused-ring (bicyclic) bond motifs is 1. The fraction of sp³-hybridized carbons (Fsp3) is 0.538. The Kier molecular flexibility index (Phi) is 6.39. The second kappa shape index (κ2) is 9.60. The van der Waals surface area contributed by atoms with Gasteiger partial charge in [-0.1, -0.05) is 31.0 Å². The minimum Gasteiger partial charge on any atom is -0.338 e. The van der Waals surface area contributed by atoms with Gasteiger partial charge in [0.05, 0.1) is 5.92 Å². The summed E-state index contributed by atoms with van der Waals surface area (Å²) in [5, 5.41) is 7.55. The number of aryl methyl sites for hydroxylation is 1. The van der Waals surface area contributed by atoms with Crippen molar-refractivity contribution in [2.45, 2.75) is 51.5 Å². The van der Waals surface area contributed by atoms with Gasteiger partial charge in [0, 0.05) is 62.5 Å². The fourth-order valence-corrected chi connectivity index (χ4v) is 5.67. The zero-order chi connectivity index (χ0) is 23.7. The molecule has 3 heterocycles. The van der Waals surface area contributed by atoms with Crippen LogP contribution in [0, 0.1) is 11.8 Å². The van der Waals surface area contributed by atoms with Crippen molar-refractivity contribution >= 4 is 23.4 Å². The molecule has 1 unspecified atom stereocenters. The summed E-state index contributed by atoms with van der Waals surface area (Å²) in [6.45, 7) is 2.13. The molecule has 2 aliphatic heterocycles. The van der Waals surface area contributed by atoms with E-state index in [2.05, 4.69) is 10.4 Å². The molecule has 5 rings (SSSR count). The third-order valence-electron chi connectivity index (χ3n) is 7.58. The lowest BCUT2D eigenvalue weighted by Crippen LogP contribution is -2.44. The van der Waals surface area contributed by atoms with Crippen LogP contribution in [0.25, 0.3) is 0 Å². The number of hydrogen-bond acceptors (Lipinski definition) is 4. The van der Waals surface area contributed by atoms with E-state index in [1.807, 2.05) is 42.3 Å². The maximum atomic E-state index is 13.6. The monoisotopic (exact) mass is 463 g/mol. The van der Waals surface area contributed by atoms with Gasteiger partial charge in [-0.15, -0.1) is 0 Å². The molecule has 1 saturated carbocycles. The summed E-state index contributed by atoms with van der Waals surface area (Å²) >= 11 is 0. The highest BCUT2D eigenvalue weighted by molar-refractivity contribution is 5.96. The largest absolute Gasteiger partial charge is 0.338 e. The van der Waals surface area contributed by atoms with Crippen LogP contribution in [0.1, 0.15) is 60.3 Å². The molecule has 1 N–H and O–H groups in total. The Morgan fingerprint density at radius 1 is 0.941 bits per heavy atom. The number of carbonyl (C=O) groups excluding carboxylic acids is 3. The van der Waals surface area contributed by atoms with Gasteiger partial charge in [-0.3, -0.25) is 19.1 Å². The summed E-state index contributed by atoms with van der Waals surface area (Å²) < 4.78 is 1.80. The number of carbonyl (C=O) groups is 3. The third kappa shape index (κ3) is 4.45. The highest BCUT2D eigenvalue weighted by Crippen LogP contribution is 2.30. The van der Waals surface area contributed by atoms with Gasteiger partial charge in [0.2, 0.25) is 11.8 Å². The molecule has 3 aliphatic rings. The summed E-state index contributed by atoms with van der Waals surface area (Å²) in [5.74, 6) is -0.0911. The number of anilines is 1. The molecule has 1 atom stereocenters. The molecule has 0 bridgehead atoms. The van der Waals surface area contributed by atoms with E-state index in [1.165, 1.54) is 0 Å². The number of likely N-dealkylation sites (tertiary alicyclic amines) is 1. The molecule has 34 heavy (non-hydrogen) atoms. The van der Waals surface area contributed by atoms with Gasteiger partial charge >= 0.3 is 0 Å². The lowest BCUT2D eigenvalue weighted by atomic mass is 9.96. The Labute approximate surface area is 200 Å². The smallest absolute Gasteiger partial charge is 0.274 e. The molecule has 1 aliphatic carbocycles. The standard InChI is InChI=1S/C26H33N5O3/c1-29-22-13-15-31(25(33)18-8-5-6-9-18)17-21(22)23(28-29)26(34)30-14-7-10-19(16-30)24(32)27-20-11-3-2-4-12-20/h2-4,11-12,18-19H,5-10,13-17H2,1H3,(H,27,32). The fourth-order valence-electron chi connectivity index (χ4n) is 5.67. The maximum Gasteiger partial charge on any atom is 0.274 e. The summed E-state index contributed by atoms with van der Waals surface area (Å²) in [7, 11) is 1.87. The minimum atomic E-state index is -0.252. The first-order valence-electron chi connectivity index (χ1n) is 12.5. The number of aromatic nitrogens is 2. The van der Waals surface area contributed by atoms with E-state index < -0.39 is 0 Å². The van der Waals surface area contributed by atoms with Gasteiger partial charge in [-0.2, -0.15) is 5.10 Å². The molecule has 1 saturated heterocycles. The van der Waals surface area contributed by atoms with Crippen molar-refractivity contribution in [3.63, 3.8) is 0 Å². The van der Waals surface area contributed by atoms with Gasteiger partial charge in [0.1, 0.15) is 0 Å². The van der Waals surface area contributed by atoms with Crippen LogP contribution in [0.2, 0.25) is 0 Å². The molecule has 0 spiro atoms. The molecule has 2 fully saturated rings. The summed E-state index contributed by atoms with van der Waals surface area (Å²) in [6, 6.07) is 9.41. The van der Waals surface area contributed by atoms with Gasteiger partial charge in [-0.25, -0.2) is 0 Å². The van der Waals surface area contributed by atoms with Crippen LogP contribution in [0.3, 0.4) is 0 Å². The van der Waals surface area contributed by atoms with Crippen molar-refractivity contribution in [2.24, 2.45) is 18.9 Å². The SMILES string of the molecule is Cn1nc(C(=O)N2CCCC(C(=O)Nc3ccccc3)C2)c2c1CCN(C(=O)C1CCCC1)C2. The molecule has 3 amide bonds. The summed E-state index contributed by atoms with van der Waals surface area (Å²) in [6.07, 6.45) is 6.45. The van der Waals surface area contributed by atoms with Crippen LogP contribution in [0.15, 0.2) is 30.3 Å². The highest BCUT2D eigenvalue weighted by atomic mass is 16.2. The van der Waals surface area contributed by atoms with E-state index in [0.717, 1.165) is 55.5 Å². The van der Waals surface area contributed by atoms with Crippen LogP contribution in [-0.4, -0.2) is 56.9 Å². The second-order valence-corrected chi connectivity index (χ2v) is 9.83. The molecule has 1 aromatic heterocycles. The number of hydrogen-bond donors (Lipinski definition) is 1. The van der Waals surface area contributed by atoms with Crippen molar-refractivity contribution in [2.75, 3.05) is 25.0 Å². The van der Waals surface area contributed by atoms with Crippen LogP contribution >= 0.6 is 0 Å². The van der Waals surface area contributed by atoms with Gasteiger partial charge in [-0.05, 0) is 37.8 Å². The van der Waals surface area contributed by atoms with Gasteiger partial charge in [0.25, 0.3) is 5.91 Å². The number of para-hydroxylation sites is 1. The van der Waals surface area contributed by atoms with E-state index in [0.29, 0.717) is 38.3 Å². The molecule has 8 nitrogen and oxygen atoms in total. The molecule has 1 aromatic carbocycles. The second-order valence-electron chi connectivity index (χ2n) is 9.83. The lowest BCUT2D eigenvalue weighted by Gasteiger charge is -2.33. The van der Waals surface area contributed by atoms with Crippen LogP contribution < -0.4 is 5.32 Å². The van der Waals surface area contributed by atoms with Crippen LogP contribution in [-0.2, 0) is 29.6 Å². The Morgan fingerprint density at radius 2 is 1.68 bits per heavy atom. The first-order chi connectivity index (χ1) is 16.5. The maximum absolute atomic E-state index is 13.6. The predicted molar refractivity (Wildman–Crippen MR) is 128 cm³/mol. The predicted octanol–water partition coefficient (Wildman–Crippen LogP) is 2.99. The van der Waals surface area contributed by atoms with Gasteiger partial charge < -0.3 is 15.1 Å². The van der Waals surface area contributed by atoms with Crippen molar-refractivity contribution in [1.29, 1.82) is 0 Å². The number of amides is 3. The summed E-state index contributed by atoms with van der Waals surface area (Å²) in [5.41, 5.74) is 3.11. The van der Waals surface area contributed by atoms with Crippen LogP contribution in [0.5, 0.6) is 0 Å². The minimum absolute atomic E-state index is 0.0555. The summed E-state index contributed by atoms with van der Waals surface area (Å²) in [4.78, 5) is 43.1. The van der Waals surface area contributed by atoms with Crippen molar-refractivity contribution in [3.05, 3.63) is 47.3 Å². The van der Waals surface area contributed by atoms with Gasteiger partial charge in [0.15, 0.2) is 5.69 Å². The lowest BCUT2D eigenvalue weighted by molar-refractivity contribution is -0.136. The Morgan fingerprint density at radius 3 is 2.44 bits per heavy atom. The van der Waals surface area contributed by atoms with Crippen molar-refractivity contribution < 1.29 is 14.4 Å².